The summed E-state index contributed by atoms with van der Waals surface area (Å²) in [5.41, 5.74) is 0.883. The lowest BCUT2D eigenvalue weighted by Gasteiger charge is -2.16. The van der Waals surface area contributed by atoms with E-state index in [9.17, 15) is 21.6 Å². The molecule has 31 heavy (non-hydrogen) atoms. The molecular formula is C20H25N3O6S2. The van der Waals surface area contributed by atoms with Crippen molar-refractivity contribution >= 4 is 37.3 Å². The van der Waals surface area contributed by atoms with Gasteiger partial charge in [0.2, 0.25) is 15.9 Å². The molecule has 0 aliphatic carbocycles. The Bertz CT molecular complexity index is 1130. The normalized spacial score (nSPS) is 15.8. The quantitative estimate of drug-likeness (QED) is 0.581. The molecule has 1 amide bonds. The Morgan fingerprint density at radius 1 is 0.968 bits per heavy atom. The summed E-state index contributed by atoms with van der Waals surface area (Å²) < 4.78 is 59.9. The second-order valence-corrected chi connectivity index (χ2v) is 10.6. The van der Waals surface area contributed by atoms with Crippen LogP contribution in [0.5, 0.6) is 0 Å². The zero-order chi connectivity index (χ0) is 22.6. The molecule has 1 unspecified atom stereocenters. The van der Waals surface area contributed by atoms with Gasteiger partial charge in [0.05, 0.1) is 16.4 Å². The monoisotopic (exact) mass is 467 g/mol. The van der Waals surface area contributed by atoms with E-state index < -0.39 is 26.1 Å². The Morgan fingerprint density at radius 2 is 1.55 bits per heavy atom. The topological polar surface area (TPSA) is 122 Å². The minimum Gasteiger partial charge on any atom is -0.383 e. The van der Waals surface area contributed by atoms with Crippen molar-refractivity contribution in [2.75, 3.05) is 29.9 Å². The summed E-state index contributed by atoms with van der Waals surface area (Å²) in [5, 5.41) is 0. The van der Waals surface area contributed by atoms with Gasteiger partial charge in [-0.2, -0.15) is 0 Å². The van der Waals surface area contributed by atoms with Crippen LogP contribution in [0.1, 0.15) is 19.8 Å². The highest BCUT2D eigenvalue weighted by molar-refractivity contribution is 7.92. The number of anilines is 2. The van der Waals surface area contributed by atoms with Crippen LogP contribution in [0, 0.1) is 0 Å². The van der Waals surface area contributed by atoms with Crippen molar-refractivity contribution in [2.45, 2.75) is 35.6 Å². The molecule has 1 saturated heterocycles. The van der Waals surface area contributed by atoms with E-state index in [4.69, 9.17) is 4.74 Å². The molecule has 0 bridgehead atoms. The number of rotatable bonds is 9. The molecule has 0 spiro atoms. The maximum atomic E-state index is 12.7. The van der Waals surface area contributed by atoms with Crippen LogP contribution in [0.2, 0.25) is 0 Å². The van der Waals surface area contributed by atoms with E-state index in [-0.39, 0.29) is 28.0 Å². The van der Waals surface area contributed by atoms with E-state index >= 15 is 0 Å². The number of ether oxygens (including phenoxy) is 1. The maximum Gasteiger partial charge on any atom is 0.261 e. The summed E-state index contributed by atoms with van der Waals surface area (Å²) in [6.45, 7) is 2.52. The van der Waals surface area contributed by atoms with Gasteiger partial charge in [-0.3, -0.25) is 9.52 Å². The first-order valence-electron chi connectivity index (χ1n) is 9.67. The minimum atomic E-state index is -3.88. The number of nitrogens with zero attached hydrogens (tertiary/aromatic N) is 1. The van der Waals surface area contributed by atoms with Crippen LogP contribution in [-0.4, -0.2) is 49.0 Å². The van der Waals surface area contributed by atoms with Crippen molar-refractivity contribution < 1.29 is 26.4 Å². The molecule has 1 aliphatic rings. The number of benzene rings is 2. The number of hydrogen-bond acceptors (Lipinski definition) is 6. The number of carbonyl (C=O) groups is 1. The third kappa shape index (κ3) is 5.62. The number of carbonyl (C=O) groups excluding carboxylic acids is 1. The van der Waals surface area contributed by atoms with E-state index in [2.05, 4.69) is 9.44 Å². The van der Waals surface area contributed by atoms with Gasteiger partial charge in [0.15, 0.2) is 0 Å². The first kappa shape index (κ1) is 23.2. The predicted octanol–water partition coefficient (Wildman–Crippen LogP) is 1.93. The summed E-state index contributed by atoms with van der Waals surface area (Å²) >= 11 is 0. The molecule has 1 atom stereocenters. The summed E-state index contributed by atoms with van der Waals surface area (Å²) in [4.78, 5) is 13.5. The lowest BCUT2D eigenvalue weighted by Crippen LogP contribution is -2.35. The van der Waals surface area contributed by atoms with E-state index in [0.717, 1.165) is 6.42 Å². The summed E-state index contributed by atoms with van der Waals surface area (Å²) in [6.07, 6.45) is 1.28. The lowest BCUT2D eigenvalue weighted by molar-refractivity contribution is -0.117. The van der Waals surface area contributed by atoms with Crippen molar-refractivity contribution in [3.8, 4) is 0 Å². The van der Waals surface area contributed by atoms with Gasteiger partial charge in [0, 0.05) is 37.5 Å². The summed E-state index contributed by atoms with van der Waals surface area (Å²) in [6, 6.07) is 11.1. The highest BCUT2D eigenvalue weighted by atomic mass is 32.2. The van der Waals surface area contributed by atoms with Gasteiger partial charge in [-0.05, 0) is 61.9 Å². The fraction of sp³-hybridized carbons (Fsp3) is 0.350. The molecular weight excluding hydrogens is 442 g/mol. The standard InChI is InChI=1S/C20H25N3O6S2/c1-15(14-29-2)21-30(25,26)18-9-5-16(6-10-18)22-31(27,28)19-11-7-17(8-12-19)23-13-3-4-20(23)24/h5-12,15,21-22H,3-4,13-14H2,1-2H3. The van der Waals surface area contributed by atoms with E-state index in [0.29, 0.717) is 18.7 Å². The first-order valence-corrected chi connectivity index (χ1v) is 12.6. The van der Waals surface area contributed by atoms with Crippen molar-refractivity contribution in [3.63, 3.8) is 0 Å². The number of amides is 1. The van der Waals surface area contributed by atoms with Crippen LogP contribution in [0.25, 0.3) is 0 Å². The second kappa shape index (κ2) is 9.35. The minimum absolute atomic E-state index is 0.0121. The molecule has 3 rings (SSSR count). The Balaban J connectivity index is 1.71. The van der Waals surface area contributed by atoms with Gasteiger partial charge in [0.25, 0.3) is 10.0 Å². The van der Waals surface area contributed by atoms with Crippen LogP contribution < -0.4 is 14.3 Å². The number of sulfonamides is 2. The molecule has 2 aromatic carbocycles. The number of hydrogen-bond donors (Lipinski definition) is 2. The third-order valence-corrected chi connectivity index (χ3v) is 7.72. The molecule has 11 heteroatoms. The second-order valence-electron chi connectivity index (χ2n) is 7.25. The van der Waals surface area contributed by atoms with Crippen LogP contribution in [-0.2, 0) is 29.6 Å². The Kier molecular flexibility index (Phi) is 6.99. The Hall–Kier alpha value is -2.47. The SMILES string of the molecule is COCC(C)NS(=O)(=O)c1ccc(NS(=O)(=O)c2ccc(N3CCCC3=O)cc2)cc1. The van der Waals surface area contributed by atoms with Crippen molar-refractivity contribution in [1.29, 1.82) is 0 Å². The summed E-state index contributed by atoms with van der Waals surface area (Å²) in [7, 11) is -6.15. The van der Waals surface area contributed by atoms with Crippen LogP contribution in [0.15, 0.2) is 58.3 Å². The first-order chi connectivity index (χ1) is 14.6. The highest BCUT2D eigenvalue weighted by Crippen LogP contribution is 2.24. The van der Waals surface area contributed by atoms with Crippen molar-refractivity contribution in [1.82, 2.24) is 4.72 Å². The van der Waals surface area contributed by atoms with E-state index in [1.54, 1.807) is 24.0 Å². The zero-order valence-electron chi connectivity index (χ0n) is 17.2. The van der Waals surface area contributed by atoms with E-state index in [1.807, 2.05) is 0 Å². The predicted molar refractivity (Wildman–Crippen MR) is 117 cm³/mol. The van der Waals surface area contributed by atoms with Gasteiger partial charge < -0.3 is 9.64 Å². The molecule has 168 valence electrons. The third-order valence-electron chi connectivity index (χ3n) is 4.72. The summed E-state index contributed by atoms with van der Waals surface area (Å²) in [5.74, 6) is 0.0230. The largest absolute Gasteiger partial charge is 0.383 e. The van der Waals surface area contributed by atoms with Crippen LogP contribution in [0.3, 0.4) is 0 Å². The zero-order valence-corrected chi connectivity index (χ0v) is 18.9. The molecule has 0 radical (unpaired) electrons. The molecule has 2 aromatic rings. The fourth-order valence-electron chi connectivity index (χ4n) is 3.26. The number of methoxy groups -OCH3 is 1. The van der Waals surface area contributed by atoms with Crippen LogP contribution in [0.4, 0.5) is 11.4 Å². The van der Waals surface area contributed by atoms with Gasteiger partial charge in [-0.25, -0.2) is 21.6 Å². The molecule has 0 aromatic heterocycles. The Labute approximate surface area is 182 Å². The number of nitrogens with one attached hydrogen (secondary N) is 2. The van der Waals surface area contributed by atoms with Gasteiger partial charge in [-0.15, -0.1) is 0 Å². The smallest absolute Gasteiger partial charge is 0.261 e. The maximum absolute atomic E-state index is 12.7. The van der Waals surface area contributed by atoms with E-state index in [1.165, 1.54) is 43.5 Å². The average Bonchev–Trinajstić information content (AvgIpc) is 3.14. The van der Waals surface area contributed by atoms with Crippen molar-refractivity contribution in [2.24, 2.45) is 0 Å². The van der Waals surface area contributed by atoms with Crippen molar-refractivity contribution in [3.05, 3.63) is 48.5 Å². The van der Waals surface area contributed by atoms with Gasteiger partial charge >= 0.3 is 0 Å². The lowest BCUT2D eigenvalue weighted by atomic mass is 10.3. The molecule has 1 fully saturated rings. The molecule has 1 heterocycles. The molecule has 2 N–H and O–H groups in total. The Morgan fingerprint density at radius 3 is 2.10 bits per heavy atom. The molecule has 9 nitrogen and oxygen atoms in total. The molecule has 1 aliphatic heterocycles. The average molecular weight is 468 g/mol. The van der Waals surface area contributed by atoms with Gasteiger partial charge in [0.1, 0.15) is 0 Å². The van der Waals surface area contributed by atoms with Crippen LogP contribution >= 0.6 is 0 Å². The molecule has 0 saturated carbocycles. The highest BCUT2D eigenvalue weighted by Gasteiger charge is 2.23. The fourth-order valence-corrected chi connectivity index (χ4v) is 5.55. The van der Waals surface area contributed by atoms with Gasteiger partial charge in [-0.1, -0.05) is 0 Å².